The first-order valence-electron chi connectivity index (χ1n) is 5.45. The van der Waals surface area contributed by atoms with Gasteiger partial charge in [0, 0.05) is 18.6 Å². The molecule has 0 saturated heterocycles. The van der Waals surface area contributed by atoms with Crippen LogP contribution in [0, 0.1) is 12.3 Å². The van der Waals surface area contributed by atoms with Crippen LogP contribution in [0.25, 0.3) is 0 Å². The van der Waals surface area contributed by atoms with Crippen LogP contribution in [0.4, 0.5) is 11.4 Å². The molecule has 5 heteroatoms. The molecular formula is C13H16BrN3O. The Hall–Kier alpha value is -1.51. The van der Waals surface area contributed by atoms with E-state index in [1.165, 1.54) is 0 Å². The van der Waals surface area contributed by atoms with Gasteiger partial charge >= 0.3 is 0 Å². The van der Waals surface area contributed by atoms with Gasteiger partial charge in [0.05, 0.1) is 24.5 Å². The fourth-order valence-corrected chi connectivity index (χ4v) is 1.80. The number of hydrogen-bond donors (Lipinski definition) is 2. The fraction of sp³-hybridized carbons (Fsp3) is 0.308. The number of nitrogens with one attached hydrogen (secondary N) is 2. The number of halogens is 1. The second-order valence-corrected chi connectivity index (χ2v) is 4.83. The zero-order valence-electron chi connectivity index (χ0n) is 10.5. The van der Waals surface area contributed by atoms with E-state index < -0.39 is 0 Å². The maximum absolute atomic E-state index is 11.7. The van der Waals surface area contributed by atoms with E-state index in [1.807, 2.05) is 37.2 Å². The molecule has 1 amide bonds. The topological polar surface area (TPSA) is 44.4 Å². The van der Waals surface area contributed by atoms with Crippen molar-refractivity contribution in [3.63, 3.8) is 0 Å². The summed E-state index contributed by atoms with van der Waals surface area (Å²) in [7, 11) is 3.85. The van der Waals surface area contributed by atoms with Gasteiger partial charge in [0.2, 0.25) is 5.91 Å². The van der Waals surface area contributed by atoms with Gasteiger partial charge in [0.15, 0.2) is 0 Å². The van der Waals surface area contributed by atoms with Crippen molar-refractivity contribution >= 4 is 33.2 Å². The number of rotatable bonds is 5. The summed E-state index contributed by atoms with van der Waals surface area (Å²) in [6, 6.07) is 5.74. The summed E-state index contributed by atoms with van der Waals surface area (Å²) >= 11 is 3.39. The molecule has 2 N–H and O–H groups in total. The number of hydrogen-bond acceptors (Lipinski definition) is 3. The van der Waals surface area contributed by atoms with Gasteiger partial charge in [-0.3, -0.25) is 10.1 Å². The van der Waals surface area contributed by atoms with Crippen LogP contribution >= 0.6 is 15.9 Å². The van der Waals surface area contributed by atoms with E-state index in [-0.39, 0.29) is 12.5 Å². The van der Waals surface area contributed by atoms with Crippen molar-refractivity contribution in [3.8, 4) is 12.3 Å². The molecule has 0 radical (unpaired) electrons. The summed E-state index contributed by atoms with van der Waals surface area (Å²) in [5.41, 5.74) is 1.71. The molecule has 18 heavy (non-hydrogen) atoms. The van der Waals surface area contributed by atoms with Crippen LogP contribution in [0.3, 0.4) is 0 Å². The average Bonchev–Trinajstić information content (AvgIpc) is 2.29. The third kappa shape index (κ3) is 4.40. The summed E-state index contributed by atoms with van der Waals surface area (Å²) < 4.78 is 0.917. The highest BCUT2D eigenvalue weighted by Gasteiger charge is 2.08. The molecule has 0 saturated carbocycles. The standard InChI is InChI=1S/C13H16BrN3O/c1-4-7-15-9-13(18)16-11-8-10(14)5-6-12(11)17(2)3/h1,5-6,8,15H,7,9H2,2-3H3,(H,16,18). The van der Waals surface area contributed by atoms with Crippen molar-refractivity contribution in [3.05, 3.63) is 22.7 Å². The number of carbonyl (C=O) groups excluding carboxylic acids is 1. The van der Waals surface area contributed by atoms with E-state index in [4.69, 9.17) is 6.42 Å². The van der Waals surface area contributed by atoms with Crippen molar-refractivity contribution in [2.45, 2.75) is 0 Å². The monoisotopic (exact) mass is 309 g/mol. The molecular weight excluding hydrogens is 294 g/mol. The zero-order valence-corrected chi connectivity index (χ0v) is 12.0. The smallest absolute Gasteiger partial charge is 0.238 e. The first-order chi connectivity index (χ1) is 8.54. The number of anilines is 2. The quantitative estimate of drug-likeness (QED) is 0.642. The largest absolute Gasteiger partial charge is 0.376 e. The predicted molar refractivity (Wildman–Crippen MR) is 78.8 cm³/mol. The summed E-state index contributed by atoms with van der Waals surface area (Å²) in [5, 5.41) is 5.69. The molecule has 0 aliphatic rings. The van der Waals surface area contributed by atoms with E-state index in [2.05, 4.69) is 32.5 Å². The third-order valence-corrected chi connectivity index (χ3v) is 2.72. The van der Waals surface area contributed by atoms with Gasteiger partial charge in [0.1, 0.15) is 0 Å². The van der Waals surface area contributed by atoms with Gasteiger partial charge in [-0.1, -0.05) is 21.9 Å². The highest BCUT2D eigenvalue weighted by molar-refractivity contribution is 9.10. The normalized spacial score (nSPS) is 9.67. The molecule has 0 aliphatic carbocycles. The Labute approximate surface area is 116 Å². The lowest BCUT2D eigenvalue weighted by Crippen LogP contribution is -2.28. The summed E-state index contributed by atoms with van der Waals surface area (Å²) in [4.78, 5) is 13.6. The highest BCUT2D eigenvalue weighted by Crippen LogP contribution is 2.27. The minimum absolute atomic E-state index is 0.119. The van der Waals surface area contributed by atoms with Crippen molar-refractivity contribution in [2.24, 2.45) is 0 Å². The minimum Gasteiger partial charge on any atom is -0.376 e. The Balaban J connectivity index is 2.74. The van der Waals surface area contributed by atoms with E-state index in [0.717, 1.165) is 15.8 Å². The summed E-state index contributed by atoms with van der Waals surface area (Å²) in [5.74, 6) is 2.30. The average molecular weight is 310 g/mol. The number of carbonyl (C=O) groups is 1. The fourth-order valence-electron chi connectivity index (χ4n) is 1.44. The first kappa shape index (κ1) is 14.6. The molecule has 96 valence electrons. The molecule has 0 aromatic heterocycles. The van der Waals surface area contributed by atoms with Crippen LogP contribution in [0.15, 0.2) is 22.7 Å². The second-order valence-electron chi connectivity index (χ2n) is 3.91. The van der Waals surface area contributed by atoms with Gasteiger partial charge in [-0.2, -0.15) is 0 Å². The lowest BCUT2D eigenvalue weighted by molar-refractivity contribution is -0.115. The number of amides is 1. The Morgan fingerprint density at radius 2 is 2.22 bits per heavy atom. The molecule has 4 nitrogen and oxygen atoms in total. The summed E-state index contributed by atoms with van der Waals surface area (Å²) in [6.45, 7) is 0.579. The van der Waals surface area contributed by atoms with E-state index in [0.29, 0.717) is 6.54 Å². The number of terminal acetylenes is 1. The third-order valence-electron chi connectivity index (χ3n) is 2.23. The van der Waals surface area contributed by atoms with Gasteiger partial charge in [-0.05, 0) is 18.2 Å². The van der Waals surface area contributed by atoms with Gasteiger partial charge in [0.25, 0.3) is 0 Å². The Kier molecular flexibility index (Phi) is 5.69. The predicted octanol–water partition coefficient (Wildman–Crippen LogP) is 1.68. The molecule has 0 bridgehead atoms. The Morgan fingerprint density at radius 1 is 1.50 bits per heavy atom. The molecule has 0 heterocycles. The van der Waals surface area contributed by atoms with Gasteiger partial charge < -0.3 is 10.2 Å². The van der Waals surface area contributed by atoms with Crippen LogP contribution in [0.2, 0.25) is 0 Å². The molecule has 0 fully saturated rings. The molecule has 0 unspecified atom stereocenters. The van der Waals surface area contributed by atoms with E-state index >= 15 is 0 Å². The van der Waals surface area contributed by atoms with Crippen molar-refractivity contribution in [2.75, 3.05) is 37.4 Å². The van der Waals surface area contributed by atoms with Gasteiger partial charge in [-0.15, -0.1) is 6.42 Å². The second kappa shape index (κ2) is 7.04. The van der Waals surface area contributed by atoms with Crippen LogP contribution in [-0.2, 0) is 4.79 Å². The lowest BCUT2D eigenvalue weighted by Gasteiger charge is -2.18. The van der Waals surface area contributed by atoms with Crippen LogP contribution in [0.1, 0.15) is 0 Å². The van der Waals surface area contributed by atoms with E-state index in [9.17, 15) is 4.79 Å². The number of benzene rings is 1. The minimum atomic E-state index is -0.119. The molecule has 1 aromatic carbocycles. The number of nitrogens with zero attached hydrogens (tertiary/aromatic N) is 1. The Bertz CT molecular complexity index is 466. The van der Waals surface area contributed by atoms with E-state index in [1.54, 1.807) is 0 Å². The summed E-state index contributed by atoms with van der Waals surface area (Å²) in [6.07, 6.45) is 5.09. The zero-order chi connectivity index (χ0) is 13.5. The van der Waals surface area contributed by atoms with Crippen LogP contribution in [-0.4, -0.2) is 33.1 Å². The van der Waals surface area contributed by atoms with Crippen molar-refractivity contribution < 1.29 is 4.79 Å². The van der Waals surface area contributed by atoms with Crippen molar-refractivity contribution in [1.29, 1.82) is 0 Å². The highest BCUT2D eigenvalue weighted by atomic mass is 79.9. The van der Waals surface area contributed by atoms with Crippen molar-refractivity contribution in [1.82, 2.24) is 5.32 Å². The van der Waals surface area contributed by atoms with Gasteiger partial charge in [-0.25, -0.2) is 0 Å². The molecule has 0 atom stereocenters. The SMILES string of the molecule is C#CCNCC(=O)Nc1cc(Br)ccc1N(C)C. The molecule has 0 spiro atoms. The maximum Gasteiger partial charge on any atom is 0.238 e. The maximum atomic E-state index is 11.7. The molecule has 0 aliphatic heterocycles. The first-order valence-corrected chi connectivity index (χ1v) is 6.25. The van der Waals surface area contributed by atoms with Crippen LogP contribution < -0.4 is 15.5 Å². The lowest BCUT2D eigenvalue weighted by atomic mass is 10.2. The molecule has 1 aromatic rings. The molecule has 1 rings (SSSR count). The Morgan fingerprint density at radius 3 is 2.83 bits per heavy atom. The van der Waals surface area contributed by atoms with Crippen LogP contribution in [0.5, 0.6) is 0 Å².